The lowest BCUT2D eigenvalue weighted by Gasteiger charge is -2.14. The molecule has 0 aliphatic carbocycles. The van der Waals surface area contributed by atoms with Gasteiger partial charge in [-0.05, 0) is 42.8 Å². The Balaban J connectivity index is 2.04. The van der Waals surface area contributed by atoms with Gasteiger partial charge in [0, 0.05) is 12.5 Å². The smallest absolute Gasteiger partial charge is 0.433 e. The molecule has 0 spiro atoms. The fourth-order valence-electron chi connectivity index (χ4n) is 2.30. The number of rotatable bonds is 3. The zero-order valence-corrected chi connectivity index (χ0v) is 13.0. The van der Waals surface area contributed by atoms with Crippen molar-refractivity contribution in [2.75, 3.05) is 0 Å². The third-order valence-electron chi connectivity index (χ3n) is 3.29. The summed E-state index contributed by atoms with van der Waals surface area (Å²) in [7, 11) is 0. The molecule has 0 fully saturated rings. The number of hydrogen-bond donors (Lipinski definition) is 0. The number of fused-ring (bicyclic) bond motifs is 1. The second-order valence-electron chi connectivity index (χ2n) is 5.40. The molecule has 0 N–H and O–H groups in total. The Kier molecular flexibility index (Phi) is 3.85. The summed E-state index contributed by atoms with van der Waals surface area (Å²) in [6.07, 6.45) is -8.04. The normalized spacial score (nSPS) is 12.6. The van der Waals surface area contributed by atoms with Crippen LogP contribution in [-0.2, 0) is 6.18 Å². The summed E-state index contributed by atoms with van der Waals surface area (Å²) in [5, 5.41) is 10.4. The van der Waals surface area contributed by atoms with E-state index in [9.17, 15) is 22.0 Å². The van der Waals surface area contributed by atoms with Crippen molar-refractivity contribution in [2.24, 2.45) is 0 Å². The van der Waals surface area contributed by atoms with Crippen LogP contribution in [0.25, 0.3) is 16.9 Å². The van der Waals surface area contributed by atoms with E-state index in [-0.39, 0.29) is 17.1 Å². The van der Waals surface area contributed by atoms with Gasteiger partial charge >= 0.3 is 12.3 Å². The highest BCUT2D eigenvalue weighted by molar-refractivity contribution is 5.65. The maximum atomic E-state index is 12.9. The molecule has 10 heteroatoms. The molecule has 0 unspecified atom stereocenters. The third kappa shape index (κ3) is 3.52. The van der Waals surface area contributed by atoms with Gasteiger partial charge in [0.25, 0.3) is 5.82 Å². The second kappa shape index (κ2) is 5.64. The Morgan fingerprint density at radius 1 is 1.00 bits per heavy atom. The summed E-state index contributed by atoms with van der Waals surface area (Å²) >= 11 is 0. The molecule has 0 bridgehead atoms. The van der Waals surface area contributed by atoms with Crippen LogP contribution in [0.2, 0.25) is 0 Å². The van der Waals surface area contributed by atoms with Crippen LogP contribution in [0.15, 0.2) is 30.3 Å². The van der Waals surface area contributed by atoms with Gasteiger partial charge in [0.1, 0.15) is 5.75 Å². The molecule has 5 nitrogen and oxygen atoms in total. The highest BCUT2D eigenvalue weighted by Crippen LogP contribution is 2.30. The van der Waals surface area contributed by atoms with Gasteiger partial charge in [-0.3, -0.25) is 0 Å². The van der Waals surface area contributed by atoms with Gasteiger partial charge in [0.15, 0.2) is 5.65 Å². The molecule has 0 amide bonds. The summed E-state index contributed by atoms with van der Waals surface area (Å²) in [5.41, 5.74) is 1.13. The molecular weight excluding hydrogens is 347 g/mol. The van der Waals surface area contributed by atoms with Crippen LogP contribution in [0.1, 0.15) is 18.3 Å². The van der Waals surface area contributed by atoms with Crippen molar-refractivity contribution in [3.05, 3.63) is 41.7 Å². The molecule has 132 valence electrons. The predicted molar refractivity (Wildman–Crippen MR) is 77.2 cm³/mol. The van der Waals surface area contributed by atoms with Crippen molar-refractivity contribution in [2.45, 2.75) is 26.1 Å². The first-order valence-electron chi connectivity index (χ1n) is 7.02. The molecule has 0 radical (unpaired) electrons. The molecule has 0 saturated carbocycles. The number of halogens is 5. The van der Waals surface area contributed by atoms with Gasteiger partial charge < -0.3 is 4.74 Å². The van der Waals surface area contributed by atoms with Crippen molar-refractivity contribution < 1.29 is 26.7 Å². The number of hydrogen-bond acceptors (Lipinski definition) is 4. The number of alkyl halides is 5. The van der Waals surface area contributed by atoms with Crippen LogP contribution in [0.4, 0.5) is 22.0 Å². The van der Waals surface area contributed by atoms with E-state index < -0.39 is 18.1 Å². The van der Waals surface area contributed by atoms with Crippen LogP contribution in [0, 0.1) is 6.92 Å². The number of nitrogens with zero attached hydrogens (tertiary/aromatic N) is 4. The molecule has 2 heterocycles. The first-order valence-corrected chi connectivity index (χ1v) is 7.02. The maximum absolute atomic E-state index is 12.9. The standard InChI is InChI=1S/C15H11F5N4O/c1-8-7-9(25-14(2,16)17)3-4-10(8)11-5-6-12-21-22-13(15(18,19)20)24(12)23-11/h3-7H,1-2H3. The molecular formula is C15H11F5N4O. The Labute approximate surface area is 138 Å². The van der Waals surface area contributed by atoms with Crippen molar-refractivity contribution in [3.63, 3.8) is 0 Å². The number of aryl methyl sites for hydroxylation is 1. The Morgan fingerprint density at radius 3 is 2.32 bits per heavy atom. The molecule has 0 atom stereocenters. The minimum Gasteiger partial charge on any atom is -0.433 e. The van der Waals surface area contributed by atoms with Crippen LogP contribution >= 0.6 is 0 Å². The molecule has 0 aliphatic heterocycles. The minimum absolute atomic E-state index is 0.0562. The van der Waals surface area contributed by atoms with Gasteiger partial charge in [-0.1, -0.05) is 0 Å². The number of ether oxygens (including phenoxy) is 1. The summed E-state index contributed by atoms with van der Waals surface area (Å²) in [4.78, 5) is 0. The lowest BCUT2D eigenvalue weighted by atomic mass is 10.1. The quantitative estimate of drug-likeness (QED) is 0.661. The molecule has 0 aliphatic rings. The number of aromatic nitrogens is 4. The van der Waals surface area contributed by atoms with Crippen LogP contribution in [0.5, 0.6) is 5.75 Å². The third-order valence-corrected chi connectivity index (χ3v) is 3.29. The summed E-state index contributed by atoms with van der Waals surface area (Å²) < 4.78 is 69.6. The van der Waals surface area contributed by atoms with Crippen LogP contribution in [-0.4, -0.2) is 25.9 Å². The average molecular weight is 358 g/mol. The van der Waals surface area contributed by atoms with Gasteiger partial charge in [-0.15, -0.1) is 10.2 Å². The Hall–Kier alpha value is -2.78. The van der Waals surface area contributed by atoms with E-state index in [1.807, 2.05) is 0 Å². The summed E-state index contributed by atoms with van der Waals surface area (Å²) in [6.45, 7) is 2.22. The predicted octanol–water partition coefficient (Wildman–Crippen LogP) is 4.11. The fraction of sp³-hybridized carbons (Fsp3) is 0.267. The second-order valence-corrected chi connectivity index (χ2v) is 5.40. The SMILES string of the molecule is Cc1cc(OC(C)(F)F)ccc1-c1ccc2nnc(C(F)(F)F)n2n1. The summed E-state index contributed by atoms with van der Waals surface area (Å²) in [5.74, 6) is -1.30. The van der Waals surface area contributed by atoms with E-state index in [0.29, 0.717) is 22.6 Å². The first kappa shape index (κ1) is 17.1. The van der Waals surface area contributed by atoms with E-state index in [2.05, 4.69) is 20.0 Å². The van der Waals surface area contributed by atoms with Gasteiger partial charge in [0.2, 0.25) is 0 Å². The van der Waals surface area contributed by atoms with Crippen molar-refractivity contribution in [1.29, 1.82) is 0 Å². The topological polar surface area (TPSA) is 52.3 Å². The van der Waals surface area contributed by atoms with Crippen molar-refractivity contribution >= 4 is 5.65 Å². The van der Waals surface area contributed by atoms with E-state index >= 15 is 0 Å². The molecule has 3 rings (SSSR count). The first-order chi connectivity index (χ1) is 11.5. The Bertz CT molecular complexity index is 930. The van der Waals surface area contributed by atoms with Gasteiger partial charge in [-0.2, -0.15) is 31.6 Å². The molecule has 2 aromatic heterocycles. The van der Waals surface area contributed by atoms with Crippen molar-refractivity contribution in [1.82, 2.24) is 19.8 Å². The van der Waals surface area contributed by atoms with Crippen molar-refractivity contribution in [3.8, 4) is 17.0 Å². The molecule has 3 aromatic rings. The highest BCUT2D eigenvalue weighted by Gasteiger charge is 2.37. The minimum atomic E-state index is -4.70. The maximum Gasteiger partial charge on any atom is 0.453 e. The molecule has 1 aromatic carbocycles. The number of benzene rings is 1. The molecule has 25 heavy (non-hydrogen) atoms. The van der Waals surface area contributed by atoms with Crippen LogP contribution in [0.3, 0.4) is 0 Å². The monoisotopic (exact) mass is 358 g/mol. The lowest BCUT2D eigenvalue weighted by molar-refractivity contribution is -0.159. The van der Waals surface area contributed by atoms with Crippen LogP contribution < -0.4 is 4.74 Å². The zero-order chi connectivity index (χ0) is 18.4. The van der Waals surface area contributed by atoms with Gasteiger partial charge in [0.05, 0.1) is 5.69 Å². The molecule has 0 saturated heterocycles. The van der Waals surface area contributed by atoms with E-state index in [1.54, 1.807) is 6.92 Å². The highest BCUT2D eigenvalue weighted by atomic mass is 19.4. The van der Waals surface area contributed by atoms with E-state index in [1.165, 1.54) is 30.3 Å². The fourth-order valence-corrected chi connectivity index (χ4v) is 2.30. The lowest BCUT2D eigenvalue weighted by Crippen LogP contribution is -2.19. The largest absolute Gasteiger partial charge is 0.453 e. The van der Waals surface area contributed by atoms with E-state index in [4.69, 9.17) is 0 Å². The average Bonchev–Trinajstić information content (AvgIpc) is 2.88. The Morgan fingerprint density at radius 2 is 1.72 bits per heavy atom. The zero-order valence-electron chi connectivity index (χ0n) is 13.0. The van der Waals surface area contributed by atoms with Gasteiger partial charge in [-0.25, -0.2) is 0 Å². The summed E-state index contributed by atoms with van der Waals surface area (Å²) in [6, 6.07) is 6.91. The van der Waals surface area contributed by atoms with E-state index in [0.717, 1.165) is 0 Å².